The molecule has 2 aliphatic heterocycles. The smallest absolute Gasteiger partial charge is 0.255 e. The molecule has 0 spiro atoms. The van der Waals surface area contributed by atoms with E-state index in [4.69, 9.17) is 9.72 Å². The molecular formula is C51H63N11O7S. The van der Waals surface area contributed by atoms with Gasteiger partial charge in [0, 0.05) is 61.6 Å². The van der Waals surface area contributed by atoms with Gasteiger partial charge in [0.15, 0.2) is 0 Å². The fraction of sp³-hybridized carbons (Fsp3) is 0.451. The molecule has 6 aromatic rings. The van der Waals surface area contributed by atoms with E-state index in [0.29, 0.717) is 30.4 Å². The highest BCUT2D eigenvalue weighted by atomic mass is 32.1. The van der Waals surface area contributed by atoms with E-state index in [-0.39, 0.29) is 63.3 Å². The number of H-pyrrole nitrogens is 1. The number of aliphatic hydroxyl groups excluding tert-OH is 1. The van der Waals surface area contributed by atoms with E-state index in [1.165, 1.54) is 17.7 Å². The lowest BCUT2D eigenvalue weighted by Crippen LogP contribution is -2.57. The summed E-state index contributed by atoms with van der Waals surface area (Å²) in [5.41, 5.74) is 7.67. The average Bonchev–Trinajstić information content (AvgIpc) is 4.19. The van der Waals surface area contributed by atoms with Crippen molar-refractivity contribution in [2.45, 2.75) is 111 Å². The van der Waals surface area contributed by atoms with E-state index in [0.717, 1.165) is 62.5 Å². The van der Waals surface area contributed by atoms with Crippen LogP contribution in [0.2, 0.25) is 0 Å². The number of likely N-dealkylation sites (tertiary alicyclic amines) is 2. The number of anilines is 1. The standard InChI is InChI=1S/C51H63N11O7S/c1-31-7-6-19-60(31)29-43-57-39-14-13-37(24-40(39)58-43)56-48(66)35-12-15-41-36(23-35)27-55-62(41)20-18-52-44(64)16-21-69-22-17-45(65)59-47(51(3,4)5)50(68)61-28-38(63)25-42(61)49(67)53-26-33-8-10-34(11-9-33)46-32(2)54-30-70-46/h8-15,23-24,27,30-31,38,42,47,63H,6-7,16-22,25-26,28-29H2,1-5H3,(H,52,64)(H,53,67)(H,56,66)(H,57,58)(H,59,65)/t31-,38+,42-,47?/m0/s1. The number of β-amino-alcohol motifs (C(OH)–C–C–N with tert-alkyl or cyclic N) is 1. The number of carbonyl (C=O) groups is 5. The van der Waals surface area contributed by atoms with Gasteiger partial charge in [-0.1, -0.05) is 45.0 Å². The van der Waals surface area contributed by atoms with Crippen molar-refractivity contribution >= 4 is 68.5 Å². The summed E-state index contributed by atoms with van der Waals surface area (Å²) in [6.07, 6.45) is 3.32. The predicted octanol–water partition coefficient (Wildman–Crippen LogP) is 5.30. The van der Waals surface area contributed by atoms with Gasteiger partial charge in [0.2, 0.25) is 23.6 Å². The van der Waals surface area contributed by atoms with Crippen LogP contribution in [0, 0.1) is 12.3 Å². The van der Waals surface area contributed by atoms with Crippen molar-refractivity contribution in [1.29, 1.82) is 0 Å². The third-order valence-electron chi connectivity index (χ3n) is 13.0. The first-order chi connectivity index (χ1) is 33.6. The molecule has 0 saturated carbocycles. The highest BCUT2D eigenvalue weighted by Gasteiger charge is 2.44. The van der Waals surface area contributed by atoms with Gasteiger partial charge in [0.1, 0.15) is 17.9 Å². The third kappa shape index (κ3) is 12.2. The summed E-state index contributed by atoms with van der Waals surface area (Å²) in [4.78, 5) is 83.8. The summed E-state index contributed by atoms with van der Waals surface area (Å²) in [5.74, 6) is -0.812. The molecule has 1 unspecified atom stereocenters. The second kappa shape index (κ2) is 22.0. The Balaban J connectivity index is 0.735. The second-order valence-electron chi connectivity index (χ2n) is 19.4. The highest BCUT2D eigenvalue weighted by molar-refractivity contribution is 7.13. The molecular weight excluding hydrogens is 911 g/mol. The maximum Gasteiger partial charge on any atom is 0.255 e. The summed E-state index contributed by atoms with van der Waals surface area (Å²) in [6.45, 7) is 12.6. The molecule has 0 bridgehead atoms. The molecule has 19 heteroatoms. The predicted molar refractivity (Wildman–Crippen MR) is 268 cm³/mol. The van der Waals surface area contributed by atoms with Crippen molar-refractivity contribution in [3.63, 3.8) is 0 Å². The Bertz CT molecular complexity index is 2830. The van der Waals surface area contributed by atoms with Crippen molar-refractivity contribution in [3.05, 3.63) is 95.0 Å². The van der Waals surface area contributed by atoms with Crippen LogP contribution >= 0.6 is 11.3 Å². The lowest BCUT2D eigenvalue weighted by Gasteiger charge is -2.35. The van der Waals surface area contributed by atoms with E-state index < -0.39 is 35.4 Å². The van der Waals surface area contributed by atoms with Crippen molar-refractivity contribution in [1.82, 2.24) is 50.5 Å². The number of nitrogens with one attached hydrogen (secondary N) is 5. The minimum Gasteiger partial charge on any atom is -0.391 e. The van der Waals surface area contributed by atoms with Gasteiger partial charge < -0.3 is 41.0 Å². The van der Waals surface area contributed by atoms with Crippen molar-refractivity contribution in [3.8, 4) is 10.4 Å². The topological polar surface area (TPSA) is 229 Å². The maximum absolute atomic E-state index is 14.0. The zero-order chi connectivity index (χ0) is 49.5. The second-order valence-corrected chi connectivity index (χ2v) is 20.2. The zero-order valence-corrected chi connectivity index (χ0v) is 41.2. The minimum atomic E-state index is -0.973. The largest absolute Gasteiger partial charge is 0.391 e. The fourth-order valence-corrected chi connectivity index (χ4v) is 9.89. The average molecular weight is 974 g/mol. The summed E-state index contributed by atoms with van der Waals surface area (Å²) in [7, 11) is 0. The van der Waals surface area contributed by atoms with Gasteiger partial charge in [-0.3, -0.25) is 33.6 Å². The first kappa shape index (κ1) is 49.9. The number of thiazole rings is 1. The Kier molecular flexibility index (Phi) is 15.7. The molecule has 0 radical (unpaired) electrons. The van der Waals surface area contributed by atoms with Gasteiger partial charge in [0.05, 0.1) is 71.2 Å². The molecule has 8 rings (SSSR count). The number of ether oxygens (including phenoxy) is 1. The van der Waals surface area contributed by atoms with Crippen LogP contribution < -0.4 is 21.3 Å². The maximum atomic E-state index is 14.0. The number of amides is 5. The quantitative estimate of drug-likeness (QED) is 0.0571. The molecule has 2 fully saturated rings. The number of aromatic nitrogens is 5. The molecule has 4 atom stereocenters. The van der Waals surface area contributed by atoms with Gasteiger partial charge in [-0.2, -0.15) is 5.10 Å². The first-order valence-corrected chi connectivity index (χ1v) is 24.9. The molecule has 5 amide bonds. The Labute approximate surface area is 411 Å². The van der Waals surface area contributed by atoms with E-state index in [9.17, 15) is 29.1 Å². The minimum absolute atomic E-state index is 0.0281. The lowest BCUT2D eigenvalue weighted by molar-refractivity contribution is -0.144. The summed E-state index contributed by atoms with van der Waals surface area (Å²) >= 11 is 1.57. The van der Waals surface area contributed by atoms with Gasteiger partial charge in [-0.05, 0) is 86.2 Å². The van der Waals surface area contributed by atoms with E-state index in [1.807, 2.05) is 81.7 Å². The Morgan fingerprint density at radius 3 is 2.50 bits per heavy atom. The molecule has 5 heterocycles. The van der Waals surface area contributed by atoms with Gasteiger partial charge in [-0.15, -0.1) is 11.3 Å². The number of aromatic amines is 1. The van der Waals surface area contributed by atoms with Crippen LogP contribution in [-0.4, -0.2) is 126 Å². The number of carbonyl (C=O) groups excluding carboxylic acids is 5. The number of rotatable bonds is 19. The molecule has 6 N–H and O–H groups in total. The Morgan fingerprint density at radius 2 is 1.77 bits per heavy atom. The van der Waals surface area contributed by atoms with Crippen LogP contribution in [-0.2, 0) is 43.5 Å². The van der Waals surface area contributed by atoms with E-state index in [2.05, 4.69) is 48.2 Å². The van der Waals surface area contributed by atoms with Crippen molar-refractivity contribution < 1.29 is 33.8 Å². The Morgan fingerprint density at radius 1 is 0.986 bits per heavy atom. The van der Waals surface area contributed by atoms with Crippen molar-refractivity contribution in [2.75, 3.05) is 38.2 Å². The van der Waals surface area contributed by atoms with E-state index >= 15 is 0 Å². The number of benzene rings is 3. The summed E-state index contributed by atoms with van der Waals surface area (Å²) < 4.78 is 7.39. The molecule has 2 saturated heterocycles. The monoisotopic (exact) mass is 973 g/mol. The fourth-order valence-electron chi connectivity index (χ4n) is 9.08. The molecule has 370 valence electrons. The molecule has 2 aliphatic rings. The van der Waals surface area contributed by atoms with Gasteiger partial charge in [-0.25, -0.2) is 9.97 Å². The third-order valence-corrected chi connectivity index (χ3v) is 14.0. The highest BCUT2D eigenvalue weighted by Crippen LogP contribution is 2.29. The van der Waals surface area contributed by atoms with Crippen LogP contribution in [0.4, 0.5) is 5.69 Å². The van der Waals surface area contributed by atoms with Gasteiger partial charge >= 0.3 is 0 Å². The number of aryl methyl sites for hydroxylation is 1. The number of aliphatic hydroxyl groups is 1. The molecule has 3 aromatic heterocycles. The van der Waals surface area contributed by atoms with Crippen LogP contribution in [0.25, 0.3) is 32.4 Å². The molecule has 0 aliphatic carbocycles. The molecule has 18 nitrogen and oxygen atoms in total. The van der Waals surface area contributed by atoms with E-state index in [1.54, 1.807) is 34.3 Å². The van der Waals surface area contributed by atoms with Crippen LogP contribution in [0.15, 0.2) is 72.4 Å². The summed E-state index contributed by atoms with van der Waals surface area (Å²) in [6, 6.07) is 17.6. The Hall–Kier alpha value is -6.54. The number of imidazole rings is 1. The summed E-state index contributed by atoms with van der Waals surface area (Å²) in [5, 5.41) is 27.5. The molecule has 70 heavy (non-hydrogen) atoms. The normalized spacial score (nSPS) is 17.8. The van der Waals surface area contributed by atoms with Crippen LogP contribution in [0.1, 0.15) is 87.2 Å². The number of hydrogen-bond donors (Lipinski definition) is 6. The lowest BCUT2D eigenvalue weighted by atomic mass is 9.85. The van der Waals surface area contributed by atoms with Gasteiger partial charge in [0.25, 0.3) is 5.91 Å². The number of fused-ring (bicyclic) bond motifs is 2. The zero-order valence-electron chi connectivity index (χ0n) is 40.4. The van der Waals surface area contributed by atoms with Crippen LogP contribution in [0.3, 0.4) is 0 Å². The number of nitrogens with zero attached hydrogens (tertiary/aromatic N) is 6. The number of hydrogen-bond acceptors (Lipinski definition) is 12. The first-order valence-electron chi connectivity index (χ1n) is 24.0. The van der Waals surface area contributed by atoms with Crippen LogP contribution in [0.5, 0.6) is 0 Å². The SMILES string of the molecule is Cc1ncsc1-c1ccc(CNC(=O)[C@@H]2C[C@@H](O)CN2C(=O)C(NC(=O)CCOCCC(=O)NCCn2ncc3cc(C(=O)Nc4ccc5[nH]c(CN6CCC[C@@H]6C)nc5c4)ccc32)C(C)(C)C)cc1. The van der Waals surface area contributed by atoms with Crippen molar-refractivity contribution in [2.24, 2.45) is 5.41 Å². The molecule has 3 aromatic carbocycles.